The Morgan fingerprint density at radius 1 is 1.21 bits per heavy atom. The lowest BCUT2D eigenvalue weighted by Gasteiger charge is -2.17. The average Bonchev–Trinajstić information content (AvgIpc) is 2.75. The predicted octanol–water partition coefficient (Wildman–Crippen LogP) is 4.83. The van der Waals surface area contributed by atoms with Crippen molar-refractivity contribution < 1.29 is 4.79 Å². The highest BCUT2D eigenvalue weighted by molar-refractivity contribution is 8.00. The predicted molar refractivity (Wildman–Crippen MR) is 83.7 cm³/mol. The number of rotatable bonds is 1. The molecule has 1 aromatic heterocycles. The minimum atomic E-state index is -0.00449. The van der Waals surface area contributed by atoms with Crippen LogP contribution in [0.1, 0.15) is 15.7 Å². The zero-order valence-electron chi connectivity index (χ0n) is 9.65. The maximum Gasteiger partial charge on any atom is 0.234 e. The molecule has 1 amide bonds. The summed E-state index contributed by atoms with van der Waals surface area (Å²) < 4.78 is 0. The fourth-order valence-electron chi connectivity index (χ4n) is 2.02. The number of thiophene rings is 1. The van der Waals surface area contributed by atoms with E-state index in [9.17, 15) is 4.79 Å². The molecule has 98 valence electrons. The third-order valence-corrected chi connectivity index (χ3v) is 5.87. The van der Waals surface area contributed by atoms with E-state index in [0.29, 0.717) is 15.8 Å². The van der Waals surface area contributed by atoms with Crippen LogP contribution in [0.25, 0.3) is 0 Å². The van der Waals surface area contributed by atoms with Crippen molar-refractivity contribution in [3.63, 3.8) is 0 Å². The van der Waals surface area contributed by atoms with Crippen molar-refractivity contribution in [1.29, 1.82) is 0 Å². The minimum Gasteiger partial charge on any atom is -0.324 e. The average molecular weight is 330 g/mol. The van der Waals surface area contributed by atoms with E-state index >= 15 is 0 Å². The van der Waals surface area contributed by atoms with Gasteiger partial charge in [0.1, 0.15) is 0 Å². The molecule has 0 bridgehead atoms. The molecule has 2 heterocycles. The van der Waals surface area contributed by atoms with Crippen LogP contribution in [-0.4, -0.2) is 11.7 Å². The van der Waals surface area contributed by atoms with E-state index in [1.165, 1.54) is 0 Å². The SMILES string of the molecule is O=C1CSC(c2c(Cl)cccc2Cl)c2sccc2N1. The third-order valence-electron chi connectivity index (χ3n) is 2.85. The van der Waals surface area contributed by atoms with Crippen molar-refractivity contribution in [2.24, 2.45) is 0 Å². The molecule has 1 atom stereocenters. The van der Waals surface area contributed by atoms with Gasteiger partial charge in [0.15, 0.2) is 0 Å². The molecular formula is C13H9Cl2NOS2. The maximum absolute atomic E-state index is 11.7. The fourth-order valence-corrected chi connectivity index (χ4v) is 5.07. The van der Waals surface area contributed by atoms with Gasteiger partial charge in [0, 0.05) is 20.5 Å². The minimum absolute atomic E-state index is 0.00449. The lowest BCUT2D eigenvalue weighted by molar-refractivity contribution is -0.113. The zero-order chi connectivity index (χ0) is 13.4. The monoisotopic (exact) mass is 329 g/mol. The number of carbonyl (C=O) groups excluding carboxylic acids is 1. The van der Waals surface area contributed by atoms with Crippen LogP contribution in [0, 0.1) is 0 Å². The van der Waals surface area contributed by atoms with Gasteiger partial charge in [-0.3, -0.25) is 4.79 Å². The molecule has 0 saturated carbocycles. The van der Waals surface area contributed by atoms with Crippen LogP contribution in [0.2, 0.25) is 10.0 Å². The van der Waals surface area contributed by atoms with Gasteiger partial charge >= 0.3 is 0 Å². The number of carbonyl (C=O) groups is 1. The van der Waals surface area contributed by atoms with Crippen LogP contribution in [0.15, 0.2) is 29.6 Å². The number of hydrogen-bond donors (Lipinski definition) is 1. The lowest BCUT2D eigenvalue weighted by atomic mass is 10.1. The Hall–Kier alpha value is -0.680. The second-order valence-corrected chi connectivity index (χ2v) is 6.93. The number of anilines is 1. The molecule has 2 aromatic rings. The van der Waals surface area contributed by atoms with E-state index in [1.54, 1.807) is 23.1 Å². The van der Waals surface area contributed by atoms with Gasteiger partial charge in [0.05, 0.1) is 16.7 Å². The first-order valence-electron chi connectivity index (χ1n) is 5.59. The summed E-state index contributed by atoms with van der Waals surface area (Å²) in [5.41, 5.74) is 1.75. The molecule has 0 fully saturated rings. The number of fused-ring (bicyclic) bond motifs is 1. The van der Waals surface area contributed by atoms with Crippen molar-refractivity contribution in [1.82, 2.24) is 0 Å². The van der Waals surface area contributed by atoms with E-state index in [1.807, 2.05) is 29.6 Å². The number of hydrogen-bond acceptors (Lipinski definition) is 3. The molecule has 1 aliphatic rings. The smallest absolute Gasteiger partial charge is 0.234 e. The molecule has 0 saturated heterocycles. The first kappa shape index (κ1) is 13.3. The van der Waals surface area contributed by atoms with Crippen molar-refractivity contribution in [3.05, 3.63) is 50.1 Å². The van der Waals surface area contributed by atoms with Gasteiger partial charge in [-0.05, 0) is 23.6 Å². The largest absolute Gasteiger partial charge is 0.324 e. The highest BCUT2D eigenvalue weighted by Gasteiger charge is 2.28. The topological polar surface area (TPSA) is 29.1 Å². The van der Waals surface area contributed by atoms with Crippen LogP contribution in [0.4, 0.5) is 5.69 Å². The molecule has 0 radical (unpaired) electrons. The first-order valence-corrected chi connectivity index (χ1v) is 8.28. The molecule has 3 rings (SSSR count). The summed E-state index contributed by atoms with van der Waals surface area (Å²) >= 11 is 15.7. The first-order chi connectivity index (χ1) is 9.16. The summed E-state index contributed by atoms with van der Waals surface area (Å²) in [5.74, 6) is 0.406. The van der Waals surface area contributed by atoms with Gasteiger partial charge < -0.3 is 5.32 Å². The molecule has 1 N–H and O–H groups in total. The van der Waals surface area contributed by atoms with Crippen LogP contribution in [0.5, 0.6) is 0 Å². The summed E-state index contributed by atoms with van der Waals surface area (Å²) in [6.45, 7) is 0. The summed E-state index contributed by atoms with van der Waals surface area (Å²) in [5, 5.41) is 6.14. The molecule has 1 aromatic carbocycles. The number of nitrogens with one attached hydrogen (secondary N) is 1. The van der Waals surface area contributed by atoms with Gasteiger partial charge in [0.2, 0.25) is 5.91 Å². The summed E-state index contributed by atoms with van der Waals surface area (Å²) in [6, 6.07) is 7.41. The summed E-state index contributed by atoms with van der Waals surface area (Å²) in [6.07, 6.45) is 0. The number of halogens is 2. The van der Waals surface area contributed by atoms with Crippen molar-refractivity contribution in [3.8, 4) is 0 Å². The van der Waals surface area contributed by atoms with Gasteiger partial charge in [-0.15, -0.1) is 23.1 Å². The van der Waals surface area contributed by atoms with Gasteiger partial charge in [-0.25, -0.2) is 0 Å². The van der Waals surface area contributed by atoms with Crippen LogP contribution in [0.3, 0.4) is 0 Å². The fraction of sp³-hybridized carbons (Fsp3) is 0.154. The quantitative estimate of drug-likeness (QED) is 0.811. The Morgan fingerprint density at radius 2 is 1.95 bits per heavy atom. The number of benzene rings is 1. The van der Waals surface area contributed by atoms with Crippen molar-refractivity contribution in [2.45, 2.75) is 5.25 Å². The van der Waals surface area contributed by atoms with E-state index in [2.05, 4.69) is 5.32 Å². The maximum atomic E-state index is 11.7. The summed E-state index contributed by atoms with van der Waals surface area (Å²) in [4.78, 5) is 12.8. The molecule has 6 heteroatoms. The molecule has 19 heavy (non-hydrogen) atoms. The molecular weight excluding hydrogens is 321 g/mol. The summed E-state index contributed by atoms with van der Waals surface area (Å²) in [7, 11) is 0. The zero-order valence-corrected chi connectivity index (χ0v) is 12.8. The Kier molecular flexibility index (Phi) is 3.76. The van der Waals surface area contributed by atoms with Crippen LogP contribution >= 0.6 is 46.3 Å². The van der Waals surface area contributed by atoms with E-state index in [4.69, 9.17) is 23.2 Å². The normalized spacial score (nSPS) is 18.6. The number of thioether (sulfide) groups is 1. The highest BCUT2D eigenvalue weighted by atomic mass is 35.5. The Morgan fingerprint density at radius 3 is 2.68 bits per heavy atom. The molecule has 0 spiro atoms. The molecule has 2 nitrogen and oxygen atoms in total. The van der Waals surface area contributed by atoms with Crippen LogP contribution < -0.4 is 5.32 Å². The van der Waals surface area contributed by atoms with Crippen molar-refractivity contribution >= 4 is 57.9 Å². The van der Waals surface area contributed by atoms with Gasteiger partial charge in [0.25, 0.3) is 0 Å². The molecule has 1 unspecified atom stereocenters. The second kappa shape index (κ2) is 5.37. The Balaban J connectivity index is 2.13. The van der Waals surface area contributed by atoms with Crippen LogP contribution in [-0.2, 0) is 4.79 Å². The Labute approximate surface area is 129 Å². The Bertz CT molecular complexity index is 621. The number of amides is 1. The highest BCUT2D eigenvalue weighted by Crippen LogP contribution is 2.48. The molecule has 0 aliphatic carbocycles. The standard InChI is InChI=1S/C13H9Cl2NOS2/c14-7-2-1-3-8(15)11(7)13-12-9(4-5-18-12)16-10(17)6-19-13/h1-5,13H,6H2,(H,16,17). The van der Waals surface area contributed by atoms with E-state index in [-0.39, 0.29) is 11.2 Å². The lowest BCUT2D eigenvalue weighted by Crippen LogP contribution is -2.11. The van der Waals surface area contributed by atoms with Crippen molar-refractivity contribution in [2.75, 3.05) is 11.1 Å². The second-order valence-electron chi connectivity index (χ2n) is 4.07. The molecule has 1 aliphatic heterocycles. The van der Waals surface area contributed by atoms with Gasteiger partial charge in [-0.1, -0.05) is 29.3 Å². The van der Waals surface area contributed by atoms with E-state index in [0.717, 1.165) is 16.1 Å². The van der Waals surface area contributed by atoms with E-state index < -0.39 is 0 Å². The van der Waals surface area contributed by atoms with Gasteiger partial charge in [-0.2, -0.15) is 0 Å². The third kappa shape index (κ3) is 2.50.